The molecule has 0 bridgehead atoms. The van der Waals surface area contributed by atoms with Crippen molar-refractivity contribution in [3.8, 4) is 0 Å². The Morgan fingerprint density at radius 1 is 1.35 bits per heavy atom. The Hall–Kier alpha value is -1.32. The zero-order chi connectivity index (χ0) is 13.1. The van der Waals surface area contributed by atoms with Gasteiger partial charge in [-0.15, -0.1) is 6.58 Å². The number of amides is 1. The topological polar surface area (TPSA) is 55.4 Å². The highest BCUT2D eigenvalue weighted by Gasteiger charge is 2.19. The summed E-state index contributed by atoms with van der Waals surface area (Å²) in [5, 5.41) is 2.62. The van der Waals surface area contributed by atoms with Gasteiger partial charge in [-0.3, -0.25) is 4.79 Å². The van der Waals surface area contributed by atoms with Crippen LogP contribution in [0.4, 0.5) is 0 Å². The van der Waals surface area contributed by atoms with E-state index < -0.39 is 6.04 Å². The van der Waals surface area contributed by atoms with Gasteiger partial charge in [0.15, 0.2) is 0 Å². The minimum Gasteiger partial charge on any atom is -0.464 e. The van der Waals surface area contributed by atoms with Gasteiger partial charge in [0.2, 0.25) is 5.91 Å². The molecule has 1 amide bonds. The molecule has 1 atom stereocenters. The molecule has 0 aliphatic heterocycles. The third-order valence-electron chi connectivity index (χ3n) is 2.35. The normalized spacial score (nSPS) is 11.6. The van der Waals surface area contributed by atoms with Gasteiger partial charge >= 0.3 is 5.97 Å². The van der Waals surface area contributed by atoms with Crippen molar-refractivity contribution in [2.24, 2.45) is 0 Å². The van der Waals surface area contributed by atoms with Crippen LogP contribution in [-0.4, -0.2) is 24.5 Å². The molecule has 0 spiro atoms. The molecule has 0 heterocycles. The van der Waals surface area contributed by atoms with Gasteiger partial charge in [0.05, 0.1) is 6.61 Å². The van der Waals surface area contributed by atoms with Crippen LogP contribution in [0.25, 0.3) is 0 Å². The number of rotatable bonds is 9. The molecular formula is C13H23NO3. The molecule has 0 radical (unpaired) electrons. The van der Waals surface area contributed by atoms with Gasteiger partial charge in [0, 0.05) is 6.92 Å². The van der Waals surface area contributed by atoms with Gasteiger partial charge in [-0.1, -0.05) is 18.9 Å². The van der Waals surface area contributed by atoms with Crippen LogP contribution in [0.3, 0.4) is 0 Å². The van der Waals surface area contributed by atoms with Crippen molar-refractivity contribution in [2.75, 3.05) is 6.61 Å². The Morgan fingerprint density at radius 3 is 2.59 bits per heavy atom. The van der Waals surface area contributed by atoms with E-state index in [2.05, 4.69) is 11.9 Å². The molecule has 0 rings (SSSR count). The zero-order valence-corrected chi connectivity index (χ0v) is 10.8. The van der Waals surface area contributed by atoms with Gasteiger partial charge in [-0.05, 0) is 26.2 Å². The fourth-order valence-electron chi connectivity index (χ4n) is 1.55. The molecule has 0 saturated carbocycles. The number of carbonyl (C=O) groups is 2. The number of esters is 1. The number of unbranched alkanes of at least 4 members (excludes halogenated alkanes) is 3. The van der Waals surface area contributed by atoms with E-state index in [1.54, 1.807) is 6.92 Å². The summed E-state index contributed by atoms with van der Waals surface area (Å²) < 4.78 is 4.91. The van der Waals surface area contributed by atoms with Gasteiger partial charge in [0.1, 0.15) is 6.04 Å². The lowest BCUT2D eigenvalue weighted by atomic mass is 10.1. The van der Waals surface area contributed by atoms with Crippen LogP contribution in [0.1, 0.15) is 46.0 Å². The van der Waals surface area contributed by atoms with E-state index in [1.807, 2.05) is 6.08 Å². The number of nitrogens with one attached hydrogen (secondary N) is 1. The number of carbonyl (C=O) groups excluding carboxylic acids is 2. The summed E-state index contributed by atoms with van der Waals surface area (Å²) in [7, 11) is 0. The molecule has 98 valence electrons. The van der Waals surface area contributed by atoms with Crippen LogP contribution < -0.4 is 5.32 Å². The van der Waals surface area contributed by atoms with Gasteiger partial charge in [-0.2, -0.15) is 0 Å². The summed E-state index contributed by atoms with van der Waals surface area (Å²) in [4.78, 5) is 22.5. The SMILES string of the molecule is C=CCCCCC[C@H](NC(C)=O)C(=O)OCC. The smallest absolute Gasteiger partial charge is 0.328 e. The van der Waals surface area contributed by atoms with Crippen LogP contribution in [0, 0.1) is 0 Å². The summed E-state index contributed by atoms with van der Waals surface area (Å²) in [6, 6.07) is -0.504. The lowest BCUT2D eigenvalue weighted by Crippen LogP contribution is -2.40. The highest BCUT2D eigenvalue weighted by molar-refractivity contribution is 5.83. The summed E-state index contributed by atoms with van der Waals surface area (Å²) in [6.45, 7) is 7.16. The molecule has 0 aromatic heterocycles. The number of ether oxygens (including phenoxy) is 1. The Morgan fingerprint density at radius 2 is 2.06 bits per heavy atom. The number of hydrogen-bond donors (Lipinski definition) is 1. The highest BCUT2D eigenvalue weighted by atomic mass is 16.5. The molecule has 4 nitrogen and oxygen atoms in total. The summed E-state index contributed by atoms with van der Waals surface area (Å²) >= 11 is 0. The third kappa shape index (κ3) is 8.48. The Balaban J connectivity index is 3.96. The fourth-order valence-corrected chi connectivity index (χ4v) is 1.55. The maximum absolute atomic E-state index is 11.5. The quantitative estimate of drug-likeness (QED) is 0.382. The van der Waals surface area contributed by atoms with Crippen LogP contribution >= 0.6 is 0 Å². The number of hydrogen-bond acceptors (Lipinski definition) is 3. The lowest BCUT2D eigenvalue weighted by molar-refractivity contribution is -0.147. The molecule has 4 heteroatoms. The second-order valence-corrected chi connectivity index (χ2v) is 3.93. The first kappa shape index (κ1) is 15.7. The van der Waals surface area contributed by atoms with E-state index in [-0.39, 0.29) is 11.9 Å². The average Bonchev–Trinajstić information content (AvgIpc) is 2.27. The summed E-state index contributed by atoms with van der Waals surface area (Å²) in [6.07, 6.45) is 6.51. The second-order valence-electron chi connectivity index (χ2n) is 3.93. The first-order valence-corrected chi connectivity index (χ1v) is 6.16. The first-order chi connectivity index (χ1) is 8.11. The molecule has 0 unspecified atom stereocenters. The van der Waals surface area contributed by atoms with E-state index >= 15 is 0 Å². The van der Waals surface area contributed by atoms with Crippen molar-refractivity contribution in [1.82, 2.24) is 5.32 Å². The summed E-state index contributed by atoms with van der Waals surface area (Å²) in [5.41, 5.74) is 0. The van der Waals surface area contributed by atoms with Gasteiger partial charge < -0.3 is 10.1 Å². The van der Waals surface area contributed by atoms with Gasteiger partial charge in [0.25, 0.3) is 0 Å². The Kier molecular flexibility index (Phi) is 9.11. The van der Waals surface area contributed by atoms with Crippen molar-refractivity contribution in [3.05, 3.63) is 12.7 Å². The van der Waals surface area contributed by atoms with Crippen molar-refractivity contribution < 1.29 is 14.3 Å². The van der Waals surface area contributed by atoms with Crippen molar-refractivity contribution in [2.45, 2.75) is 52.0 Å². The molecule has 17 heavy (non-hydrogen) atoms. The Labute approximate surface area is 103 Å². The minimum atomic E-state index is -0.504. The molecular weight excluding hydrogens is 218 g/mol. The van der Waals surface area contributed by atoms with E-state index in [0.717, 1.165) is 25.7 Å². The highest BCUT2D eigenvalue weighted by Crippen LogP contribution is 2.07. The Bertz CT molecular complexity index is 251. The van der Waals surface area contributed by atoms with Crippen molar-refractivity contribution in [3.63, 3.8) is 0 Å². The predicted molar refractivity (Wildman–Crippen MR) is 67.5 cm³/mol. The molecule has 0 saturated heterocycles. The van der Waals surface area contributed by atoms with Crippen molar-refractivity contribution >= 4 is 11.9 Å². The van der Waals surface area contributed by atoms with Crippen LogP contribution in [0.15, 0.2) is 12.7 Å². The largest absolute Gasteiger partial charge is 0.464 e. The van der Waals surface area contributed by atoms with E-state index in [4.69, 9.17) is 4.74 Å². The van der Waals surface area contributed by atoms with Gasteiger partial charge in [-0.25, -0.2) is 4.79 Å². The standard InChI is InChI=1S/C13H23NO3/c1-4-6-7-8-9-10-12(14-11(3)15)13(16)17-5-2/h4,12H,1,5-10H2,2-3H3,(H,14,15)/t12-/m0/s1. The summed E-state index contributed by atoms with van der Waals surface area (Å²) in [5.74, 6) is -0.541. The average molecular weight is 241 g/mol. The monoisotopic (exact) mass is 241 g/mol. The molecule has 0 aromatic carbocycles. The molecule has 0 fully saturated rings. The van der Waals surface area contributed by atoms with Crippen LogP contribution in [-0.2, 0) is 14.3 Å². The first-order valence-electron chi connectivity index (χ1n) is 6.16. The zero-order valence-electron chi connectivity index (χ0n) is 10.8. The van der Waals surface area contributed by atoms with E-state index in [9.17, 15) is 9.59 Å². The fraction of sp³-hybridized carbons (Fsp3) is 0.692. The molecule has 0 aliphatic rings. The van der Waals surface area contributed by atoms with Crippen LogP contribution in [0.2, 0.25) is 0 Å². The van der Waals surface area contributed by atoms with E-state index in [1.165, 1.54) is 6.92 Å². The number of allylic oxidation sites excluding steroid dienone is 1. The third-order valence-corrected chi connectivity index (χ3v) is 2.35. The lowest BCUT2D eigenvalue weighted by Gasteiger charge is -2.15. The second kappa shape index (κ2) is 9.87. The minimum absolute atomic E-state index is 0.200. The van der Waals surface area contributed by atoms with Crippen molar-refractivity contribution in [1.29, 1.82) is 0 Å². The molecule has 0 aromatic rings. The van der Waals surface area contributed by atoms with E-state index in [0.29, 0.717) is 13.0 Å². The molecule has 0 aliphatic carbocycles. The maximum atomic E-state index is 11.5. The molecule has 1 N–H and O–H groups in total. The predicted octanol–water partition coefficient (Wildman–Crippen LogP) is 2.19. The maximum Gasteiger partial charge on any atom is 0.328 e. The van der Waals surface area contributed by atoms with Crippen LogP contribution in [0.5, 0.6) is 0 Å².